The average Bonchev–Trinajstić information content (AvgIpc) is 3.29. The van der Waals surface area contributed by atoms with Gasteiger partial charge >= 0.3 is 0 Å². The molecule has 0 saturated carbocycles. The van der Waals surface area contributed by atoms with Crippen LogP contribution in [-0.2, 0) is 4.79 Å². The molecule has 136 valence electrons. The molecule has 1 unspecified atom stereocenters. The molecule has 1 aromatic heterocycles. The van der Waals surface area contributed by atoms with Gasteiger partial charge in [-0.05, 0) is 62.3 Å². The van der Waals surface area contributed by atoms with Crippen LogP contribution in [0.1, 0.15) is 24.6 Å². The first-order valence-electron chi connectivity index (χ1n) is 8.15. The Hall–Kier alpha value is -2.05. The second-order valence-corrected chi connectivity index (χ2v) is 5.82. The second kappa shape index (κ2) is 9.44. The van der Waals surface area contributed by atoms with Gasteiger partial charge < -0.3 is 14.5 Å². The van der Waals surface area contributed by atoms with Gasteiger partial charge in [-0.1, -0.05) is 0 Å². The maximum absolute atomic E-state index is 12.8. The first-order chi connectivity index (χ1) is 11.7. The van der Waals surface area contributed by atoms with Gasteiger partial charge in [-0.25, -0.2) is 4.39 Å². The molecule has 1 aliphatic rings. The third kappa shape index (κ3) is 5.47. The monoisotopic (exact) mass is 368 g/mol. The van der Waals surface area contributed by atoms with Crippen molar-refractivity contribution in [3.63, 3.8) is 0 Å². The molecule has 1 aliphatic heterocycles. The summed E-state index contributed by atoms with van der Waals surface area (Å²) in [6.07, 6.45) is 3.98. The molecule has 7 heteroatoms. The highest BCUT2D eigenvalue weighted by molar-refractivity contribution is 5.85. The summed E-state index contributed by atoms with van der Waals surface area (Å²) < 4.78 is 23.7. The van der Waals surface area contributed by atoms with Gasteiger partial charge in [0.25, 0.3) is 5.91 Å². The van der Waals surface area contributed by atoms with E-state index < -0.39 is 0 Å². The third-order valence-corrected chi connectivity index (χ3v) is 4.13. The lowest BCUT2D eigenvalue weighted by Gasteiger charge is -2.26. The maximum atomic E-state index is 12.8. The summed E-state index contributed by atoms with van der Waals surface area (Å²) in [5, 5.41) is 2.89. The fourth-order valence-corrected chi connectivity index (χ4v) is 2.89. The molecular formula is C18H22ClFN2O3. The topological polar surface area (TPSA) is 54.7 Å². The number of rotatable bonds is 7. The smallest absolute Gasteiger partial charge is 0.258 e. The van der Waals surface area contributed by atoms with E-state index in [4.69, 9.17) is 9.15 Å². The molecule has 0 radical (unpaired) electrons. The molecule has 0 bridgehead atoms. The van der Waals surface area contributed by atoms with Crippen LogP contribution in [0, 0.1) is 5.82 Å². The summed E-state index contributed by atoms with van der Waals surface area (Å²) in [6.45, 7) is 2.39. The van der Waals surface area contributed by atoms with E-state index in [1.165, 1.54) is 37.1 Å². The molecule has 1 amide bonds. The van der Waals surface area contributed by atoms with E-state index in [-0.39, 0.29) is 36.8 Å². The Labute approximate surface area is 152 Å². The highest BCUT2D eigenvalue weighted by Crippen LogP contribution is 2.24. The van der Waals surface area contributed by atoms with Gasteiger partial charge in [-0.15, -0.1) is 12.4 Å². The van der Waals surface area contributed by atoms with Crippen molar-refractivity contribution in [2.24, 2.45) is 0 Å². The number of hydrogen-bond acceptors (Lipinski definition) is 4. The fourth-order valence-electron chi connectivity index (χ4n) is 2.89. The number of amides is 1. The zero-order valence-electron chi connectivity index (χ0n) is 13.8. The molecule has 5 nitrogen and oxygen atoms in total. The highest BCUT2D eigenvalue weighted by Gasteiger charge is 2.25. The van der Waals surface area contributed by atoms with Crippen molar-refractivity contribution in [1.82, 2.24) is 10.2 Å². The van der Waals surface area contributed by atoms with Crippen molar-refractivity contribution in [2.45, 2.75) is 18.9 Å². The number of carbonyl (C=O) groups is 1. The number of nitrogens with one attached hydrogen (secondary N) is 1. The SMILES string of the molecule is Cl.O=C(COc1ccc(F)cc1)NCC(c1ccco1)N1CCCC1. The third-order valence-electron chi connectivity index (χ3n) is 4.13. The zero-order valence-corrected chi connectivity index (χ0v) is 14.6. The van der Waals surface area contributed by atoms with Gasteiger partial charge in [0, 0.05) is 6.54 Å². The number of ether oxygens (including phenoxy) is 1. The van der Waals surface area contributed by atoms with Gasteiger partial charge in [0.1, 0.15) is 17.3 Å². The summed E-state index contributed by atoms with van der Waals surface area (Å²) in [5.74, 6) is 0.777. The van der Waals surface area contributed by atoms with Crippen molar-refractivity contribution in [1.29, 1.82) is 0 Å². The van der Waals surface area contributed by atoms with Crippen LogP contribution in [0.15, 0.2) is 47.1 Å². The Morgan fingerprint density at radius 1 is 1.24 bits per heavy atom. The number of furan rings is 1. The first-order valence-corrected chi connectivity index (χ1v) is 8.15. The van der Waals surface area contributed by atoms with Crippen molar-refractivity contribution in [3.05, 3.63) is 54.2 Å². The van der Waals surface area contributed by atoms with Gasteiger partial charge in [0.15, 0.2) is 6.61 Å². The van der Waals surface area contributed by atoms with Gasteiger partial charge in [-0.2, -0.15) is 0 Å². The fraction of sp³-hybridized carbons (Fsp3) is 0.389. The van der Waals surface area contributed by atoms with E-state index >= 15 is 0 Å². The molecule has 2 aromatic rings. The van der Waals surface area contributed by atoms with Gasteiger partial charge in [-0.3, -0.25) is 9.69 Å². The predicted molar refractivity (Wildman–Crippen MR) is 94.4 cm³/mol. The molecule has 1 aromatic carbocycles. The maximum Gasteiger partial charge on any atom is 0.258 e. The van der Waals surface area contributed by atoms with Crippen LogP contribution in [0.4, 0.5) is 4.39 Å². The van der Waals surface area contributed by atoms with E-state index in [2.05, 4.69) is 10.2 Å². The molecule has 1 N–H and O–H groups in total. The second-order valence-electron chi connectivity index (χ2n) is 5.82. The average molecular weight is 369 g/mol. The van der Waals surface area contributed by atoms with Crippen LogP contribution in [0.25, 0.3) is 0 Å². The number of carbonyl (C=O) groups excluding carboxylic acids is 1. The zero-order chi connectivity index (χ0) is 16.8. The van der Waals surface area contributed by atoms with E-state index in [1.807, 2.05) is 12.1 Å². The summed E-state index contributed by atoms with van der Waals surface area (Å²) in [4.78, 5) is 14.3. The lowest BCUT2D eigenvalue weighted by molar-refractivity contribution is -0.123. The molecule has 1 atom stereocenters. The summed E-state index contributed by atoms with van der Waals surface area (Å²) in [6, 6.07) is 9.43. The molecular weight excluding hydrogens is 347 g/mol. The number of likely N-dealkylation sites (tertiary alicyclic amines) is 1. The van der Waals surface area contributed by atoms with Crippen LogP contribution < -0.4 is 10.1 Å². The molecule has 25 heavy (non-hydrogen) atoms. The summed E-state index contributed by atoms with van der Waals surface area (Å²) >= 11 is 0. The molecule has 0 aliphatic carbocycles. The number of halogens is 2. The van der Waals surface area contributed by atoms with Crippen LogP contribution >= 0.6 is 12.4 Å². The van der Waals surface area contributed by atoms with Gasteiger partial charge in [0.2, 0.25) is 0 Å². The Bertz CT molecular complexity index is 643. The highest BCUT2D eigenvalue weighted by atomic mass is 35.5. The van der Waals surface area contributed by atoms with Crippen LogP contribution in [0.5, 0.6) is 5.75 Å². The first kappa shape index (κ1) is 19.3. The van der Waals surface area contributed by atoms with Crippen LogP contribution in [0.3, 0.4) is 0 Å². The Morgan fingerprint density at radius 2 is 1.96 bits per heavy atom. The Morgan fingerprint density at radius 3 is 2.60 bits per heavy atom. The Kier molecular flexibility index (Phi) is 7.28. The number of nitrogens with zero attached hydrogens (tertiary/aromatic N) is 1. The minimum absolute atomic E-state index is 0. The molecule has 1 fully saturated rings. The van der Waals surface area contributed by atoms with Crippen molar-refractivity contribution in [3.8, 4) is 5.75 Å². The van der Waals surface area contributed by atoms with Crippen LogP contribution in [-0.4, -0.2) is 37.0 Å². The lowest BCUT2D eigenvalue weighted by atomic mass is 10.2. The largest absolute Gasteiger partial charge is 0.484 e. The molecule has 2 heterocycles. The predicted octanol–water partition coefficient (Wildman–Crippen LogP) is 3.17. The molecule has 3 rings (SSSR count). The summed E-state index contributed by atoms with van der Waals surface area (Å²) in [7, 11) is 0. The minimum atomic E-state index is -0.335. The molecule has 0 spiro atoms. The van der Waals surface area contributed by atoms with E-state index in [1.54, 1.807) is 6.26 Å². The van der Waals surface area contributed by atoms with E-state index in [0.717, 1.165) is 18.8 Å². The number of benzene rings is 1. The van der Waals surface area contributed by atoms with Crippen LogP contribution in [0.2, 0.25) is 0 Å². The quantitative estimate of drug-likeness (QED) is 0.815. The molecule has 1 saturated heterocycles. The Balaban J connectivity index is 0.00000225. The van der Waals surface area contributed by atoms with Crippen molar-refractivity contribution in [2.75, 3.05) is 26.2 Å². The van der Waals surface area contributed by atoms with Crippen molar-refractivity contribution >= 4 is 18.3 Å². The lowest BCUT2D eigenvalue weighted by Crippen LogP contribution is -2.38. The standard InChI is InChI=1S/C18H21FN2O3.ClH/c19-14-5-7-15(8-6-14)24-13-18(22)20-12-16(17-4-3-11-23-17)21-9-1-2-10-21;/h3-8,11,16H,1-2,9-10,12-13H2,(H,20,22);1H. The van der Waals surface area contributed by atoms with E-state index in [9.17, 15) is 9.18 Å². The van der Waals surface area contributed by atoms with Crippen molar-refractivity contribution < 1.29 is 18.3 Å². The van der Waals surface area contributed by atoms with E-state index in [0.29, 0.717) is 12.3 Å². The van der Waals surface area contributed by atoms with Gasteiger partial charge in [0.05, 0.1) is 12.3 Å². The normalized spacial score (nSPS) is 15.4. The number of hydrogen-bond donors (Lipinski definition) is 1. The minimum Gasteiger partial charge on any atom is -0.484 e. The summed E-state index contributed by atoms with van der Waals surface area (Å²) in [5.41, 5.74) is 0.